The zero-order valence-electron chi connectivity index (χ0n) is 20.3. The second-order valence-electron chi connectivity index (χ2n) is 8.81. The maximum atomic E-state index is 13.4. The van der Waals surface area contributed by atoms with Crippen molar-refractivity contribution in [2.24, 2.45) is 0 Å². The van der Waals surface area contributed by atoms with Gasteiger partial charge < -0.3 is 14.5 Å². The molecule has 0 N–H and O–H groups in total. The van der Waals surface area contributed by atoms with Crippen molar-refractivity contribution in [3.8, 4) is 16.9 Å². The molecular formula is C29H34N2O2. The van der Waals surface area contributed by atoms with E-state index in [1.54, 1.807) is 6.08 Å². The van der Waals surface area contributed by atoms with E-state index in [1.165, 1.54) is 11.1 Å². The molecule has 0 aromatic heterocycles. The van der Waals surface area contributed by atoms with E-state index in [-0.39, 0.29) is 5.78 Å². The van der Waals surface area contributed by atoms with Crippen LogP contribution in [0.5, 0.6) is 5.75 Å². The first-order valence-corrected chi connectivity index (χ1v) is 11.3. The van der Waals surface area contributed by atoms with Crippen LogP contribution < -0.4 is 4.74 Å². The van der Waals surface area contributed by atoms with Gasteiger partial charge in [0.05, 0.1) is 5.56 Å². The third-order valence-electron chi connectivity index (χ3n) is 5.45. The fourth-order valence-electron chi connectivity index (χ4n) is 3.69. The van der Waals surface area contributed by atoms with Crippen LogP contribution in [0.15, 0.2) is 72.8 Å². The molecule has 0 fully saturated rings. The number of ketones is 1. The van der Waals surface area contributed by atoms with Crippen LogP contribution in [0.4, 0.5) is 0 Å². The lowest BCUT2D eigenvalue weighted by Gasteiger charge is -2.15. The Bertz CT molecular complexity index is 1120. The summed E-state index contributed by atoms with van der Waals surface area (Å²) in [7, 11) is 8.09. The van der Waals surface area contributed by atoms with Gasteiger partial charge in [-0.1, -0.05) is 60.7 Å². The summed E-state index contributed by atoms with van der Waals surface area (Å²) in [5.74, 6) is 0.551. The van der Waals surface area contributed by atoms with Crippen LogP contribution in [0.2, 0.25) is 0 Å². The average Bonchev–Trinajstić information content (AvgIpc) is 2.78. The van der Waals surface area contributed by atoms with Crippen molar-refractivity contribution in [2.45, 2.75) is 13.5 Å². The highest BCUT2D eigenvalue weighted by Crippen LogP contribution is 2.29. The van der Waals surface area contributed by atoms with E-state index in [4.69, 9.17) is 4.74 Å². The molecule has 0 bridgehead atoms. The predicted octanol–water partition coefficient (Wildman–Crippen LogP) is 5.56. The van der Waals surface area contributed by atoms with Gasteiger partial charge in [-0.25, -0.2) is 0 Å². The second kappa shape index (κ2) is 11.6. The van der Waals surface area contributed by atoms with Crippen molar-refractivity contribution in [1.82, 2.24) is 9.80 Å². The molecule has 0 radical (unpaired) electrons. The molecule has 4 nitrogen and oxygen atoms in total. The molecule has 0 atom stereocenters. The summed E-state index contributed by atoms with van der Waals surface area (Å²) in [4.78, 5) is 17.5. The maximum Gasteiger partial charge on any atom is 0.189 e. The summed E-state index contributed by atoms with van der Waals surface area (Å²) in [5.41, 5.74) is 6.11. The minimum absolute atomic E-state index is 0.0649. The SMILES string of the molecule is Cc1ccccc1-c1ccc(OCCN(C)C)c(C(=O)/C=C/c2ccccc2CN(C)C)c1. The molecule has 172 valence electrons. The van der Waals surface area contributed by atoms with E-state index in [0.717, 1.165) is 29.8 Å². The van der Waals surface area contributed by atoms with Gasteiger partial charge in [-0.15, -0.1) is 0 Å². The van der Waals surface area contributed by atoms with Crippen LogP contribution in [0, 0.1) is 6.92 Å². The Hall–Kier alpha value is -3.21. The summed E-state index contributed by atoms with van der Waals surface area (Å²) in [6, 6.07) is 22.3. The monoisotopic (exact) mass is 442 g/mol. The molecule has 0 saturated carbocycles. The number of hydrogen-bond donors (Lipinski definition) is 0. The molecule has 0 saturated heterocycles. The summed E-state index contributed by atoms with van der Waals surface area (Å²) in [6.07, 6.45) is 3.56. The second-order valence-corrected chi connectivity index (χ2v) is 8.81. The van der Waals surface area contributed by atoms with Gasteiger partial charge in [0, 0.05) is 13.1 Å². The largest absolute Gasteiger partial charge is 0.491 e. The molecule has 3 aromatic rings. The van der Waals surface area contributed by atoms with Crippen LogP contribution in [-0.2, 0) is 6.54 Å². The molecule has 0 aliphatic rings. The van der Waals surface area contributed by atoms with Gasteiger partial charge in [-0.05, 0) is 81.1 Å². The number of likely N-dealkylation sites (N-methyl/N-ethyl adjacent to an activating group) is 1. The molecule has 0 unspecified atom stereocenters. The van der Waals surface area contributed by atoms with E-state index in [1.807, 2.05) is 82.8 Å². The number of benzene rings is 3. The van der Waals surface area contributed by atoms with Gasteiger partial charge in [0.1, 0.15) is 12.4 Å². The first-order chi connectivity index (χ1) is 15.8. The zero-order chi connectivity index (χ0) is 23.8. The molecule has 3 rings (SSSR count). The van der Waals surface area contributed by atoms with E-state index in [2.05, 4.69) is 34.9 Å². The third-order valence-corrected chi connectivity index (χ3v) is 5.45. The lowest BCUT2D eigenvalue weighted by molar-refractivity contribution is 0.104. The normalized spacial score (nSPS) is 11.5. The van der Waals surface area contributed by atoms with Gasteiger partial charge in [-0.2, -0.15) is 0 Å². The van der Waals surface area contributed by atoms with Crippen molar-refractivity contribution in [2.75, 3.05) is 41.3 Å². The first-order valence-electron chi connectivity index (χ1n) is 11.3. The smallest absolute Gasteiger partial charge is 0.189 e. The van der Waals surface area contributed by atoms with Gasteiger partial charge in [-0.3, -0.25) is 4.79 Å². The van der Waals surface area contributed by atoms with Gasteiger partial charge in [0.2, 0.25) is 0 Å². The molecule has 0 heterocycles. The molecule has 33 heavy (non-hydrogen) atoms. The zero-order valence-corrected chi connectivity index (χ0v) is 20.3. The summed E-state index contributed by atoms with van der Waals surface area (Å²) in [6.45, 7) is 4.20. The van der Waals surface area contributed by atoms with Crippen LogP contribution in [0.3, 0.4) is 0 Å². The Kier molecular flexibility index (Phi) is 8.58. The Labute approximate surface area is 198 Å². The van der Waals surface area contributed by atoms with Crippen molar-refractivity contribution in [3.63, 3.8) is 0 Å². The van der Waals surface area contributed by atoms with Crippen LogP contribution >= 0.6 is 0 Å². The molecule has 3 aromatic carbocycles. The van der Waals surface area contributed by atoms with Crippen molar-refractivity contribution in [3.05, 3.63) is 95.1 Å². The highest BCUT2D eigenvalue weighted by atomic mass is 16.5. The predicted molar refractivity (Wildman–Crippen MR) is 138 cm³/mol. The lowest BCUT2D eigenvalue weighted by atomic mass is 9.96. The highest BCUT2D eigenvalue weighted by molar-refractivity contribution is 6.09. The Balaban J connectivity index is 1.94. The number of aryl methyl sites for hydroxylation is 1. The van der Waals surface area contributed by atoms with Gasteiger partial charge >= 0.3 is 0 Å². The highest BCUT2D eigenvalue weighted by Gasteiger charge is 2.14. The van der Waals surface area contributed by atoms with E-state index >= 15 is 0 Å². The van der Waals surface area contributed by atoms with Crippen LogP contribution in [-0.4, -0.2) is 56.9 Å². The minimum Gasteiger partial charge on any atom is -0.491 e. The van der Waals surface area contributed by atoms with Gasteiger partial charge in [0.15, 0.2) is 5.78 Å². The number of nitrogens with zero attached hydrogens (tertiary/aromatic N) is 2. The van der Waals surface area contributed by atoms with E-state index in [9.17, 15) is 4.79 Å². The maximum absolute atomic E-state index is 13.4. The average molecular weight is 443 g/mol. The molecular weight excluding hydrogens is 408 g/mol. The fraction of sp³-hybridized carbons (Fsp3) is 0.276. The van der Waals surface area contributed by atoms with Crippen LogP contribution in [0.25, 0.3) is 17.2 Å². The quantitative estimate of drug-likeness (QED) is 0.304. The number of carbonyl (C=O) groups is 1. The summed E-state index contributed by atoms with van der Waals surface area (Å²) >= 11 is 0. The van der Waals surface area contributed by atoms with E-state index in [0.29, 0.717) is 17.9 Å². The minimum atomic E-state index is -0.0649. The standard InChI is InChI=1S/C29H34N2O2/c1-22-10-6-9-13-26(22)24-15-17-29(33-19-18-30(2)3)27(20-24)28(32)16-14-23-11-7-8-12-25(23)21-31(4)5/h6-17,20H,18-19,21H2,1-5H3/b16-14+. The van der Waals surface area contributed by atoms with Crippen molar-refractivity contribution < 1.29 is 9.53 Å². The Morgan fingerprint density at radius 2 is 1.64 bits per heavy atom. The lowest BCUT2D eigenvalue weighted by Crippen LogP contribution is -2.20. The van der Waals surface area contributed by atoms with Crippen molar-refractivity contribution >= 4 is 11.9 Å². The third kappa shape index (κ3) is 6.88. The first kappa shape index (κ1) is 24.4. The summed E-state index contributed by atoms with van der Waals surface area (Å²) in [5, 5.41) is 0. The van der Waals surface area contributed by atoms with Crippen LogP contribution in [0.1, 0.15) is 27.0 Å². The Morgan fingerprint density at radius 1 is 0.909 bits per heavy atom. The molecule has 0 spiro atoms. The molecule has 0 aliphatic carbocycles. The Morgan fingerprint density at radius 3 is 2.36 bits per heavy atom. The number of rotatable bonds is 10. The van der Waals surface area contributed by atoms with E-state index < -0.39 is 0 Å². The van der Waals surface area contributed by atoms with Gasteiger partial charge in [0.25, 0.3) is 0 Å². The molecule has 0 amide bonds. The topological polar surface area (TPSA) is 32.8 Å². The van der Waals surface area contributed by atoms with Crippen molar-refractivity contribution in [1.29, 1.82) is 0 Å². The molecule has 4 heteroatoms. The number of allylic oxidation sites excluding steroid dienone is 1. The number of carbonyl (C=O) groups excluding carboxylic acids is 1. The fourth-order valence-corrected chi connectivity index (χ4v) is 3.69. The summed E-state index contributed by atoms with van der Waals surface area (Å²) < 4.78 is 6.02. The molecule has 0 aliphatic heterocycles. The number of ether oxygens (including phenoxy) is 1. The number of hydrogen-bond acceptors (Lipinski definition) is 4.